The molecule has 0 radical (unpaired) electrons. The monoisotopic (exact) mass is 494 g/mol. The molecule has 1 fully saturated rings. The van der Waals surface area contributed by atoms with Crippen LogP contribution < -0.4 is 5.32 Å². The van der Waals surface area contributed by atoms with Gasteiger partial charge in [0.1, 0.15) is 0 Å². The summed E-state index contributed by atoms with van der Waals surface area (Å²) >= 11 is 2.48. The van der Waals surface area contributed by atoms with Crippen LogP contribution in [0.15, 0.2) is 51.7 Å². The molecule has 168 valence electrons. The Morgan fingerprint density at radius 2 is 2.03 bits per heavy atom. The summed E-state index contributed by atoms with van der Waals surface area (Å²) in [6.45, 7) is 1.29. The number of thioether (sulfide) groups is 1. The largest absolute Gasteiger partial charge is 0.379 e. The van der Waals surface area contributed by atoms with Gasteiger partial charge in [-0.05, 0) is 24.3 Å². The van der Waals surface area contributed by atoms with Crippen molar-refractivity contribution >= 4 is 60.6 Å². The summed E-state index contributed by atoms with van der Waals surface area (Å²) < 4.78 is 33.4. The van der Waals surface area contributed by atoms with Crippen molar-refractivity contribution in [2.75, 3.05) is 37.4 Å². The first kappa shape index (κ1) is 22.6. The number of hydrogen-bond acceptors (Lipinski definition) is 9. The van der Waals surface area contributed by atoms with E-state index in [0.717, 1.165) is 0 Å². The number of aromatic nitrogens is 1. The fraction of sp³-hybridized carbons (Fsp3) is 0.263. The molecular weight excluding hydrogens is 476 g/mol. The number of ether oxygens (including phenoxy) is 1. The predicted molar refractivity (Wildman–Crippen MR) is 122 cm³/mol. The summed E-state index contributed by atoms with van der Waals surface area (Å²) in [4.78, 5) is 27.3. The predicted octanol–water partition coefficient (Wildman–Crippen LogP) is 2.96. The van der Waals surface area contributed by atoms with Gasteiger partial charge in [0.15, 0.2) is 4.34 Å². The van der Waals surface area contributed by atoms with Crippen molar-refractivity contribution in [1.82, 2.24) is 9.29 Å². The minimum Gasteiger partial charge on any atom is -0.379 e. The van der Waals surface area contributed by atoms with Gasteiger partial charge in [-0.2, -0.15) is 4.31 Å². The summed E-state index contributed by atoms with van der Waals surface area (Å²) in [5.74, 6) is -0.260. The Kier molecular flexibility index (Phi) is 6.71. The van der Waals surface area contributed by atoms with E-state index in [0.29, 0.717) is 46.5 Å². The van der Waals surface area contributed by atoms with Gasteiger partial charge in [-0.15, -0.1) is 11.3 Å². The number of nitro groups is 1. The first-order valence-electron chi connectivity index (χ1n) is 9.48. The van der Waals surface area contributed by atoms with Gasteiger partial charge in [0, 0.05) is 30.9 Å². The fourth-order valence-electron chi connectivity index (χ4n) is 3.06. The molecule has 1 N–H and O–H groups in total. The first-order valence-corrected chi connectivity index (χ1v) is 12.7. The van der Waals surface area contributed by atoms with Crippen molar-refractivity contribution in [3.63, 3.8) is 0 Å². The highest BCUT2D eigenvalue weighted by molar-refractivity contribution is 8.01. The van der Waals surface area contributed by atoms with Crippen LogP contribution >= 0.6 is 23.1 Å². The molecule has 0 saturated carbocycles. The van der Waals surface area contributed by atoms with Crippen molar-refractivity contribution in [3.05, 3.63) is 52.6 Å². The first-order chi connectivity index (χ1) is 15.3. The van der Waals surface area contributed by atoms with Gasteiger partial charge in [-0.3, -0.25) is 14.9 Å². The van der Waals surface area contributed by atoms with Crippen LogP contribution in [0.5, 0.6) is 0 Å². The number of nitrogens with one attached hydrogen (secondary N) is 1. The Labute approximate surface area is 191 Å². The minimum atomic E-state index is -3.66. The second-order valence-electron chi connectivity index (χ2n) is 6.77. The second-order valence-corrected chi connectivity index (χ2v) is 11.0. The van der Waals surface area contributed by atoms with E-state index >= 15 is 0 Å². The third kappa shape index (κ3) is 5.07. The van der Waals surface area contributed by atoms with Crippen molar-refractivity contribution in [1.29, 1.82) is 0 Å². The SMILES string of the molecule is O=C(CSc1nc2ccc([N+](=O)[O-])cc2s1)Nc1cccc(S(=O)(=O)N2CCOCC2)c1. The summed E-state index contributed by atoms with van der Waals surface area (Å²) in [5, 5.41) is 13.6. The van der Waals surface area contributed by atoms with E-state index in [-0.39, 0.29) is 22.2 Å². The number of hydrogen-bond donors (Lipinski definition) is 1. The summed E-state index contributed by atoms with van der Waals surface area (Å²) in [5.41, 5.74) is 0.997. The highest BCUT2D eigenvalue weighted by Crippen LogP contribution is 2.32. The number of sulfonamides is 1. The lowest BCUT2D eigenvalue weighted by Gasteiger charge is -2.26. The Hall–Kier alpha value is -2.58. The van der Waals surface area contributed by atoms with Crippen molar-refractivity contribution in [2.24, 2.45) is 0 Å². The lowest BCUT2D eigenvalue weighted by Crippen LogP contribution is -2.40. The Morgan fingerprint density at radius 1 is 1.25 bits per heavy atom. The number of morpholine rings is 1. The number of carbonyl (C=O) groups excluding carboxylic acids is 1. The molecule has 3 aromatic rings. The maximum absolute atomic E-state index is 12.8. The molecule has 0 bridgehead atoms. The van der Waals surface area contributed by atoms with E-state index in [4.69, 9.17) is 4.74 Å². The van der Waals surface area contributed by atoms with Crippen LogP contribution in [-0.4, -0.2) is 60.6 Å². The Bertz CT molecular complexity index is 1270. The fourth-order valence-corrected chi connectivity index (χ4v) is 6.42. The highest BCUT2D eigenvalue weighted by atomic mass is 32.2. The normalized spacial score (nSPS) is 15.0. The maximum atomic E-state index is 12.8. The highest BCUT2D eigenvalue weighted by Gasteiger charge is 2.26. The number of anilines is 1. The molecule has 0 spiro atoms. The van der Waals surface area contributed by atoms with Crippen molar-refractivity contribution in [2.45, 2.75) is 9.24 Å². The summed E-state index contributed by atoms with van der Waals surface area (Å²) in [7, 11) is -3.66. The zero-order chi connectivity index (χ0) is 22.7. The molecule has 2 aromatic carbocycles. The summed E-state index contributed by atoms with van der Waals surface area (Å²) in [6.07, 6.45) is 0. The number of non-ortho nitro benzene ring substituents is 1. The van der Waals surface area contributed by atoms with Gasteiger partial charge in [0.05, 0.1) is 39.0 Å². The van der Waals surface area contributed by atoms with E-state index in [2.05, 4.69) is 10.3 Å². The zero-order valence-electron chi connectivity index (χ0n) is 16.6. The quantitative estimate of drug-likeness (QED) is 0.301. The average molecular weight is 495 g/mol. The van der Waals surface area contributed by atoms with Crippen LogP contribution in [0.4, 0.5) is 11.4 Å². The molecule has 1 saturated heterocycles. The number of thiazole rings is 1. The molecule has 1 aliphatic rings. The number of amides is 1. The molecule has 4 rings (SSSR count). The molecule has 2 heterocycles. The molecule has 0 unspecified atom stereocenters. The van der Waals surface area contributed by atoms with E-state index in [1.807, 2.05) is 0 Å². The van der Waals surface area contributed by atoms with Crippen LogP contribution in [0.1, 0.15) is 0 Å². The smallest absolute Gasteiger partial charge is 0.270 e. The number of nitro benzene ring substituents is 1. The van der Waals surface area contributed by atoms with Crippen LogP contribution in [0.25, 0.3) is 10.2 Å². The van der Waals surface area contributed by atoms with Crippen molar-refractivity contribution in [3.8, 4) is 0 Å². The molecule has 32 heavy (non-hydrogen) atoms. The third-order valence-corrected chi connectivity index (χ3v) is 8.67. The molecular formula is C19H18N4O6S3. The zero-order valence-corrected chi connectivity index (χ0v) is 19.0. The Balaban J connectivity index is 1.39. The van der Waals surface area contributed by atoms with Gasteiger partial charge >= 0.3 is 0 Å². The molecule has 1 amide bonds. The number of carbonyl (C=O) groups is 1. The van der Waals surface area contributed by atoms with Gasteiger partial charge < -0.3 is 10.1 Å². The number of fused-ring (bicyclic) bond motifs is 1. The standard InChI is InChI=1S/C19H18N4O6S3/c24-18(12-30-19-21-16-5-4-14(23(25)26)11-17(16)31-19)20-13-2-1-3-15(10-13)32(27,28)22-6-8-29-9-7-22/h1-5,10-11H,6-9,12H2,(H,20,24). The van der Waals surface area contributed by atoms with E-state index in [9.17, 15) is 23.3 Å². The minimum absolute atomic E-state index is 0.0117. The lowest BCUT2D eigenvalue weighted by atomic mass is 10.3. The van der Waals surface area contributed by atoms with Crippen LogP contribution in [0, 0.1) is 10.1 Å². The molecule has 1 aromatic heterocycles. The average Bonchev–Trinajstić information content (AvgIpc) is 3.20. The molecule has 13 heteroatoms. The van der Waals surface area contributed by atoms with Gasteiger partial charge in [0.2, 0.25) is 15.9 Å². The van der Waals surface area contributed by atoms with Crippen molar-refractivity contribution < 1.29 is 22.9 Å². The summed E-state index contributed by atoms with van der Waals surface area (Å²) in [6, 6.07) is 10.6. The lowest BCUT2D eigenvalue weighted by molar-refractivity contribution is -0.384. The topological polar surface area (TPSA) is 132 Å². The molecule has 0 aliphatic carbocycles. The number of nitrogens with zero attached hydrogens (tertiary/aromatic N) is 3. The maximum Gasteiger partial charge on any atom is 0.270 e. The van der Waals surface area contributed by atoms with Gasteiger partial charge in [-0.1, -0.05) is 17.8 Å². The van der Waals surface area contributed by atoms with Gasteiger partial charge in [-0.25, -0.2) is 13.4 Å². The van der Waals surface area contributed by atoms with Gasteiger partial charge in [0.25, 0.3) is 5.69 Å². The molecule has 10 nitrogen and oxygen atoms in total. The van der Waals surface area contributed by atoms with Crippen LogP contribution in [0.3, 0.4) is 0 Å². The molecule has 0 atom stereocenters. The second kappa shape index (κ2) is 9.50. The molecule has 1 aliphatic heterocycles. The Morgan fingerprint density at radius 3 is 2.78 bits per heavy atom. The van der Waals surface area contributed by atoms with Crippen LogP contribution in [0.2, 0.25) is 0 Å². The third-order valence-electron chi connectivity index (χ3n) is 4.62. The van der Waals surface area contributed by atoms with E-state index < -0.39 is 14.9 Å². The number of rotatable bonds is 7. The number of benzene rings is 2. The van der Waals surface area contributed by atoms with E-state index in [1.54, 1.807) is 18.2 Å². The van der Waals surface area contributed by atoms with Crippen LogP contribution in [-0.2, 0) is 19.6 Å². The van der Waals surface area contributed by atoms with E-state index in [1.165, 1.54) is 51.7 Å².